The number of nitrogens with one attached hydrogen (secondary N) is 2. The molecule has 0 spiro atoms. The molecule has 0 atom stereocenters. The minimum Gasteiger partial charge on any atom is -0.301 e. The van der Waals surface area contributed by atoms with Crippen molar-refractivity contribution in [3.8, 4) is 6.07 Å². The van der Waals surface area contributed by atoms with Crippen molar-refractivity contribution >= 4 is 0 Å². The van der Waals surface area contributed by atoms with E-state index in [0.29, 0.717) is 12.1 Å². The normalized spacial score (nSPS) is 34.6. The lowest BCUT2D eigenvalue weighted by molar-refractivity contribution is 0.172. The summed E-state index contributed by atoms with van der Waals surface area (Å²) in [6.45, 7) is 4.64. The van der Waals surface area contributed by atoms with Crippen molar-refractivity contribution in [2.24, 2.45) is 17.8 Å². The number of unbranched alkanes of at least 4 members (excludes halogenated alkanes) is 3. The zero-order valence-corrected chi connectivity index (χ0v) is 13.0. The van der Waals surface area contributed by atoms with Crippen LogP contribution in [0.3, 0.4) is 0 Å². The number of hydrogen-bond acceptors (Lipinski definition) is 3. The van der Waals surface area contributed by atoms with Gasteiger partial charge in [0.15, 0.2) is 0 Å². The van der Waals surface area contributed by atoms with Crippen LogP contribution in [0.5, 0.6) is 0 Å². The van der Waals surface area contributed by atoms with E-state index in [1.54, 1.807) is 0 Å². The second-order valence-corrected chi connectivity index (χ2v) is 6.75. The Labute approximate surface area is 124 Å². The van der Waals surface area contributed by atoms with E-state index in [2.05, 4.69) is 23.6 Å². The first-order valence-electron chi connectivity index (χ1n) is 8.69. The summed E-state index contributed by atoms with van der Waals surface area (Å²) >= 11 is 0. The van der Waals surface area contributed by atoms with Crippen molar-refractivity contribution in [2.75, 3.05) is 13.1 Å². The number of hydrogen-bond donors (Lipinski definition) is 2. The van der Waals surface area contributed by atoms with Crippen LogP contribution in [0.1, 0.15) is 64.7 Å². The van der Waals surface area contributed by atoms with Gasteiger partial charge in [-0.3, -0.25) is 0 Å². The molecule has 1 aliphatic heterocycles. The van der Waals surface area contributed by atoms with E-state index in [0.717, 1.165) is 24.7 Å². The highest BCUT2D eigenvalue weighted by atomic mass is 15.2. The first kappa shape index (κ1) is 15.8. The van der Waals surface area contributed by atoms with E-state index in [-0.39, 0.29) is 0 Å². The molecule has 0 amide bonds. The molecule has 1 saturated heterocycles. The lowest BCUT2D eigenvalue weighted by atomic mass is 9.80. The molecule has 2 rings (SSSR count). The molecule has 1 heterocycles. The fraction of sp³-hybridized carbons (Fsp3) is 0.941. The number of rotatable bonds is 6. The Morgan fingerprint density at radius 1 is 1.00 bits per heavy atom. The predicted octanol–water partition coefficient (Wildman–Crippen LogP) is 3.42. The molecule has 114 valence electrons. The van der Waals surface area contributed by atoms with Crippen molar-refractivity contribution in [3.63, 3.8) is 0 Å². The summed E-state index contributed by atoms with van der Waals surface area (Å²) in [5.41, 5.74) is 0. The van der Waals surface area contributed by atoms with Gasteiger partial charge in [-0.15, -0.1) is 0 Å². The molecule has 1 aliphatic carbocycles. The molecule has 20 heavy (non-hydrogen) atoms. The van der Waals surface area contributed by atoms with E-state index in [1.807, 2.05) is 0 Å². The monoisotopic (exact) mass is 277 g/mol. The van der Waals surface area contributed by atoms with Gasteiger partial charge in [-0.05, 0) is 43.9 Å². The summed E-state index contributed by atoms with van der Waals surface area (Å²) in [5.74, 6) is 1.88. The van der Waals surface area contributed by atoms with Gasteiger partial charge in [0.1, 0.15) is 0 Å². The molecule has 0 bridgehead atoms. The largest absolute Gasteiger partial charge is 0.301 e. The highest BCUT2D eigenvalue weighted by Gasteiger charge is 2.30. The van der Waals surface area contributed by atoms with Crippen molar-refractivity contribution in [1.29, 1.82) is 5.26 Å². The molecule has 0 aromatic heterocycles. The maximum Gasteiger partial charge on any atom is 0.0655 e. The SMILES string of the molecule is CCCCCCC1CNC(C2CCC(C#N)CC2)NC1. The second kappa shape index (κ2) is 8.64. The third-order valence-corrected chi connectivity index (χ3v) is 5.14. The van der Waals surface area contributed by atoms with Gasteiger partial charge in [0.25, 0.3) is 0 Å². The van der Waals surface area contributed by atoms with Gasteiger partial charge in [0.05, 0.1) is 12.2 Å². The number of nitrogens with zero attached hydrogens (tertiary/aromatic N) is 1. The average molecular weight is 277 g/mol. The second-order valence-electron chi connectivity index (χ2n) is 6.75. The summed E-state index contributed by atoms with van der Waals surface area (Å²) in [5, 5.41) is 16.4. The Kier molecular flexibility index (Phi) is 6.82. The van der Waals surface area contributed by atoms with Crippen molar-refractivity contribution < 1.29 is 0 Å². The van der Waals surface area contributed by atoms with Gasteiger partial charge < -0.3 is 10.6 Å². The topological polar surface area (TPSA) is 47.9 Å². The molecule has 2 aliphatic rings. The Bertz CT molecular complexity index is 294. The minimum absolute atomic E-state index is 0.321. The van der Waals surface area contributed by atoms with Gasteiger partial charge in [-0.25, -0.2) is 0 Å². The van der Waals surface area contributed by atoms with Crippen LogP contribution in [-0.2, 0) is 0 Å². The maximum atomic E-state index is 8.96. The Hall–Kier alpha value is -0.590. The van der Waals surface area contributed by atoms with Crippen molar-refractivity contribution in [1.82, 2.24) is 10.6 Å². The quantitative estimate of drug-likeness (QED) is 0.731. The van der Waals surface area contributed by atoms with Crippen molar-refractivity contribution in [3.05, 3.63) is 0 Å². The van der Waals surface area contributed by atoms with E-state index in [4.69, 9.17) is 5.26 Å². The molecule has 3 heteroatoms. The van der Waals surface area contributed by atoms with Gasteiger partial charge in [0, 0.05) is 19.0 Å². The highest BCUT2D eigenvalue weighted by Crippen LogP contribution is 2.30. The fourth-order valence-electron chi connectivity index (χ4n) is 3.71. The molecule has 2 N–H and O–H groups in total. The average Bonchev–Trinajstić information content (AvgIpc) is 2.52. The lowest BCUT2D eigenvalue weighted by Crippen LogP contribution is -2.56. The van der Waals surface area contributed by atoms with Crippen LogP contribution in [0.15, 0.2) is 0 Å². The van der Waals surface area contributed by atoms with E-state index in [1.165, 1.54) is 58.0 Å². The first-order valence-corrected chi connectivity index (χ1v) is 8.69. The molecular formula is C17H31N3. The molecule has 0 radical (unpaired) electrons. The molecule has 1 saturated carbocycles. The Morgan fingerprint density at radius 3 is 2.30 bits per heavy atom. The molecule has 3 nitrogen and oxygen atoms in total. The minimum atomic E-state index is 0.321. The number of nitriles is 1. The third-order valence-electron chi connectivity index (χ3n) is 5.14. The van der Waals surface area contributed by atoms with Crippen LogP contribution in [0, 0.1) is 29.1 Å². The molecular weight excluding hydrogens is 246 g/mol. The van der Waals surface area contributed by atoms with Crippen LogP contribution in [0.4, 0.5) is 0 Å². The fourth-order valence-corrected chi connectivity index (χ4v) is 3.71. The molecule has 0 aromatic rings. The van der Waals surface area contributed by atoms with Crippen LogP contribution in [0.2, 0.25) is 0 Å². The van der Waals surface area contributed by atoms with Gasteiger partial charge in [-0.1, -0.05) is 32.6 Å². The van der Waals surface area contributed by atoms with E-state index < -0.39 is 0 Å². The van der Waals surface area contributed by atoms with Crippen LogP contribution in [-0.4, -0.2) is 19.3 Å². The summed E-state index contributed by atoms with van der Waals surface area (Å²) in [4.78, 5) is 0. The van der Waals surface area contributed by atoms with Crippen LogP contribution in [0.25, 0.3) is 0 Å². The summed E-state index contributed by atoms with van der Waals surface area (Å²) in [6.07, 6.45) is 12.0. The highest BCUT2D eigenvalue weighted by molar-refractivity contribution is 4.91. The van der Waals surface area contributed by atoms with Gasteiger partial charge in [-0.2, -0.15) is 5.26 Å². The van der Waals surface area contributed by atoms with Gasteiger partial charge >= 0.3 is 0 Å². The van der Waals surface area contributed by atoms with E-state index >= 15 is 0 Å². The summed E-state index contributed by atoms with van der Waals surface area (Å²) in [7, 11) is 0. The molecule has 2 fully saturated rings. The zero-order valence-electron chi connectivity index (χ0n) is 13.0. The Balaban J connectivity index is 1.61. The predicted molar refractivity (Wildman–Crippen MR) is 83.1 cm³/mol. The smallest absolute Gasteiger partial charge is 0.0655 e. The maximum absolute atomic E-state index is 8.96. The molecule has 0 aromatic carbocycles. The zero-order chi connectivity index (χ0) is 14.2. The standard InChI is InChI=1S/C17H31N3/c1-2-3-4-5-6-15-12-19-17(20-13-15)16-9-7-14(11-18)8-10-16/h14-17,19-20H,2-10,12-13H2,1H3. The summed E-state index contributed by atoms with van der Waals surface area (Å²) < 4.78 is 0. The third kappa shape index (κ3) is 4.75. The van der Waals surface area contributed by atoms with Gasteiger partial charge in [0.2, 0.25) is 0 Å². The Morgan fingerprint density at radius 2 is 1.70 bits per heavy atom. The lowest BCUT2D eigenvalue weighted by Gasteiger charge is -2.38. The molecule has 0 unspecified atom stereocenters. The van der Waals surface area contributed by atoms with E-state index in [9.17, 15) is 0 Å². The summed E-state index contributed by atoms with van der Waals surface area (Å²) in [6, 6.07) is 2.43. The van der Waals surface area contributed by atoms with Crippen LogP contribution >= 0.6 is 0 Å². The van der Waals surface area contributed by atoms with Crippen molar-refractivity contribution in [2.45, 2.75) is 70.9 Å². The van der Waals surface area contributed by atoms with Crippen LogP contribution < -0.4 is 10.6 Å². The first-order chi connectivity index (χ1) is 9.83.